The second-order valence-electron chi connectivity index (χ2n) is 6.31. The zero-order chi connectivity index (χ0) is 16.5. The van der Waals surface area contributed by atoms with Crippen molar-refractivity contribution in [3.8, 4) is 0 Å². The van der Waals surface area contributed by atoms with Crippen LogP contribution in [0.5, 0.6) is 0 Å². The van der Waals surface area contributed by atoms with Crippen molar-refractivity contribution < 1.29 is 9.59 Å². The van der Waals surface area contributed by atoms with Gasteiger partial charge in [0.25, 0.3) is 5.91 Å². The van der Waals surface area contributed by atoms with Crippen molar-refractivity contribution in [2.24, 2.45) is 17.5 Å². The number of amides is 2. The molecule has 1 N–H and O–H groups in total. The van der Waals surface area contributed by atoms with Crippen LogP contribution in [-0.2, 0) is 16.6 Å². The number of hydrogen-bond acceptors (Lipinski definition) is 3. The Morgan fingerprint density at radius 3 is 2.50 bits per heavy atom. The Kier molecular flexibility index (Phi) is 4.51. The number of benzene rings is 1. The summed E-state index contributed by atoms with van der Waals surface area (Å²) in [5, 5.41) is 2.71. The lowest BCUT2D eigenvalue weighted by atomic mass is 9.95. The molecule has 22 heavy (non-hydrogen) atoms. The van der Waals surface area contributed by atoms with E-state index in [1.165, 1.54) is 11.3 Å². The van der Waals surface area contributed by atoms with Crippen molar-refractivity contribution in [1.29, 1.82) is 0 Å². The van der Waals surface area contributed by atoms with Crippen LogP contribution in [-0.4, -0.2) is 22.4 Å². The first-order chi connectivity index (χ1) is 10.2. The third-order valence-corrected chi connectivity index (χ3v) is 4.43. The molecule has 1 heterocycles. The average molecular weight is 319 g/mol. The highest BCUT2D eigenvalue weighted by molar-refractivity contribution is 7.16. The molecule has 2 rings (SSSR count). The standard InChI is InChI=1S/C16H21N3O2S/c1-10(17-14(21)16(2,3)4)13(20)18-15-19(5)11-8-6-7-9-12(11)22-15/h6-10H,1-5H3,(H,17,21). The maximum atomic E-state index is 12.2. The first-order valence-electron chi connectivity index (χ1n) is 7.14. The van der Waals surface area contributed by atoms with E-state index in [2.05, 4.69) is 10.3 Å². The van der Waals surface area contributed by atoms with Gasteiger partial charge >= 0.3 is 0 Å². The molecule has 0 fully saturated rings. The summed E-state index contributed by atoms with van der Waals surface area (Å²) >= 11 is 1.46. The van der Waals surface area contributed by atoms with E-state index in [0.717, 1.165) is 10.2 Å². The molecule has 0 aliphatic carbocycles. The van der Waals surface area contributed by atoms with Crippen molar-refractivity contribution in [2.75, 3.05) is 0 Å². The number of aromatic nitrogens is 1. The van der Waals surface area contributed by atoms with Crippen LogP contribution in [0.1, 0.15) is 27.7 Å². The third kappa shape index (κ3) is 3.44. The van der Waals surface area contributed by atoms with Crippen LogP contribution in [0.15, 0.2) is 29.3 Å². The number of carbonyl (C=O) groups is 2. The van der Waals surface area contributed by atoms with Crippen molar-refractivity contribution in [2.45, 2.75) is 33.7 Å². The third-order valence-electron chi connectivity index (χ3n) is 3.32. The lowest BCUT2D eigenvalue weighted by Gasteiger charge is -2.20. The molecule has 118 valence electrons. The average Bonchev–Trinajstić information content (AvgIpc) is 2.75. The number of aryl methyl sites for hydroxylation is 1. The summed E-state index contributed by atoms with van der Waals surface area (Å²) in [4.78, 5) is 28.9. The van der Waals surface area contributed by atoms with Gasteiger partial charge in [0.05, 0.1) is 10.2 Å². The van der Waals surface area contributed by atoms with Gasteiger partial charge in [-0.15, -0.1) is 0 Å². The zero-order valence-electron chi connectivity index (χ0n) is 13.5. The topological polar surface area (TPSA) is 63.5 Å². The van der Waals surface area contributed by atoms with E-state index in [-0.39, 0.29) is 11.8 Å². The molecule has 0 bridgehead atoms. The first-order valence-corrected chi connectivity index (χ1v) is 7.96. The molecule has 6 heteroatoms. The number of hydrogen-bond donors (Lipinski definition) is 1. The molecule has 2 amide bonds. The fourth-order valence-electron chi connectivity index (χ4n) is 1.85. The number of fused-ring (bicyclic) bond motifs is 1. The highest BCUT2D eigenvalue weighted by Gasteiger charge is 2.25. The summed E-state index contributed by atoms with van der Waals surface area (Å²) in [5.74, 6) is -0.510. The summed E-state index contributed by atoms with van der Waals surface area (Å²) in [7, 11) is 1.88. The lowest BCUT2D eigenvalue weighted by Crippen LogP contribution is -2.44. The SMILES string of the molecule is CC(NC(=O)C(C)(C)C)C(=O)N=c1sc2ccccc2n1C. The fourth-order valence-corrected chi connectivity index (χ4v) is 2.88. The molecular weight excluding hydrogens is 298 g/mol. The van der Waals surface area contributed by atoms with E-state index in [9.17, 15) is 9.59 Å². The highest BCUT2D eigenvalue weighted by atomic mass is 32.1. The number of rotatable bonds is 2. The minimum atomic E-state index is -0.642. The van der Waals surface area contributed by atoms with E-state index in [4.69, 9.17) is 0 Å². The van der Waals surface area contributed by atoms with E-state index in [1.54, 1.807) is 6.92 Å². The van der Waals surface area contributed by atoms with Gasteiger partial charge in [-0.25, -0.2) is 0 Å². The van der Waals surface area contributed by atoms with Crippen molar-refractivity contribution in [3.05, 3.63) is 29.1 Å². The molecule has 0 radical (unpaired) electrons. The van der Waals surface area contributed by atoms with E-state index >= 15 is 0 Å². The maximum absolute atomic E-state index is 12.2. The number of nitrogens with zero attached hydrogens (tertiary/aromatic N) is 2. The summed E-state index contributed by atoms with van der Waals surface area (Å²) in [6.45, 7) is 7.08. The maximum Gasteiger partial charge on any atom is 0.270 e. The van der Waals surface area contributed by atoms with Crippen LogP contribution in [0.25, 0.3) is 10.2 Å². The second-order valence-corrected chi connectivity index (χ2v) is 7.32. The van der Waals surface area contributed by atoms with E-state index in [0.29, 0.717) is 4.80 Å². The summed E-state index contributed by atoms with van der Waals surface area (Å²) < 4.78 is 2.96. The van der Waals surface area contributed by atoms with E-state index in [1.807, 2.05) is 56.7 Å². The minimum Gasteiger partial charge on any atom is -0.344 e. The van der Waals surface area contributed by atoms with E-state index < -0.39 is 11.5 Å². The smallest absolute Gasteiger partial charge is 0.270 e. The number of para-hydroxylation sites is 1. The molecule has 1 atom stereocenters. The van der Waals surface area contributed by atoms with Crippen LogP contribution in [0.2, 0.25) is 0 Å². The quantitative estimate of drug-likeness (QED) is 0.922. The molecule has 0 saturated heterocycles. The number of nitrogens with one attached hydrogen (secondary N) is 1. The van der Waals surface area contributed by atoms with Gasteiger partial charge in [0.15, 0.2) is 4.80 Å². The molecule has 1 aromatic carbocycles. The molecule has 0 spiro atoms. The molecule has 0 aliphatic rings. The largest absolute Gasteiger partial charge is 0.344 e. The van der Waals surface area contributed by atoms with Crippen molar-refractivity contribution in [1.82, 2.24) is 9.88 Å². The zero-order valence-corrected chi connectivity index (χ0v) is 14.3. The minimum absolute atomic E-state index is 0.163. The first kappa shape index (κ1) is 16.4. The Labute approximate surface area is 133 Å². The van der Waals surface area contributed by atoms with Gasteiger partial charge in [-0.1, -0.05) is 44.2 Å². The Balaban J connectivity index is 2.26. The van der Waals surface area contributed by atoms with Gasteiger partial charge in [0, 0.05) is 12.5 Å². The van der Waals surface area contributed by atoms with Crippen LogP contribution < -0.4 is 10.1 Å². The fraction of sp³-hybridized carbons (Fsp3) is 0.438. The predicted octanol–water partition coefficient (Wildman–Crippen LogP) is 2.22. The molecular formula is C16H21N3O2S. The van der Waals surface area contributed by atoms with Gasteiger partial charge in [0.2, 0.25) is 5.91 Å². The molecule has 1 unspecified atom stereocenters. The molecule has 0 aliphatic heterocycles. The normalized spacial score (nSPS) is 14.1. The van der Waals surface area contributed by atoms with Gasteiger partial charge in [-0.2, -0.15) is 4.99 Å². The second kappa shape index (κ2) is 6.04. The highest BCUT2D eigenvalue weighted by Crippen LogP contribution is 2.15. The molecule has 1 aromatic heterocycles. The van der Waals surface area contributed by atoms with Crippen LogP contribution in [0.3, 0.4) is 0 Å². The van der Waals surface area contributed by atoms with Crippen LogP contribution in [0, 0.1) is 5.41 Å². The Hall–Kier alpha value is -1.95. The van der Waals surface area contributed by atoms with Crippen LogP contribution >= 0.6 is 11.3 Å². The Bertz CT molecular complexity index is 781. The number of thiazole rings is 1. The molecule has 0 saturated carbocycles. The summed E-state index contributed by atoms with van der Waals surface area (Å²) in [6, 6.07) is 7.25. The predicted molar refractivity (Wildman–Crippen MR) is 88.4 cm³/mol. The van der Waals surface area contributed by atoms with Gasteiger partial charge in [-0.05, 0) is 19.1 Å². The van der Waals surface area contributed by atoms with Gasteiger partial charge in [-0.3, -0.25) is 9.59 Å². The van der Waals surface area contributed by atoms with Gasteiger partial charge in [0.1, 0.15) is 6.04 Å². The van der Waals surface area contributed by atoms with Crippen LogP contribution in [0.4, 0.5) is 0 Å². The van der Waals surface area contributed by atoms with Gasteiger partial charge < -0.3 is 9.88 Å². The lowest BCUT2D eigenvalue weighted by molar-refractivity contribution is -0.132. The number of carbonyl (C=O) groups excluding carboxylic acids is 2. The van der Waals surface area contributed by atoms with Crippen molar-refractivity contribution in [3.63, 3.8) is 0 Å². The summed E-state index contributed by atoms with van der Waals surface area (Å²) in [6.07, 6.45) is 0. The Morgan fingerprint density at radius 2 is 1.91 bits per heavy atom. The molecule has 2 aromatic rings. The Morgan fingerprint density at radius 1 is 1.27 bits per heavy atom. The van der Waals surface area contributed by atoms with Crippen molar-refractivity contribution >= 4 is 33.4 Å². The molecule has 5 nitrogen and oxygen atoms in total. The monoisotopic (exact) mass is 319 g/mol. The summed E-state index contributed by atoms with van der Waals surface area (Å²) in [5.41, 5.74) is 0.502.